The van der Waals surface area contributed by atoms with Crippen LogP contribution in [0.5, 0.6) is 0 Å². The first-order valence-corrected chi connectivity index (χ1v) is 6.88. The summed E-state index contributed by atoms with van der Waals surface area (Å²) in [5, 5.41) is 10.4. The number of ether oxygens (including phenoxy) is 1. The highest BCUT2D eigenvalue weighted by molar-refractivity contribution is 5.73. The van der Waals surface area contributed by atoms with E-state index >= 15 is 0 Å². The molecule has 0 saturated heterocycles. The molecular formula is C14H28O3. The van der Waals surface area contributed by atoms with E-state index in [4.69, 9.17) is 4.74 Å². The summed E-state index contributed by atoms with van der Waals surface area (Å²) in [6, 6.07) is 0. The van der Waals surface area contributed by atoms with Crippen molar-refractivity contribution < 1.29 is 14.6 Å². The SMILES string of the molecule is CCCCCCC(C)(O)C(CC)C(=O)OCC. The number of carbonyl (C=O) groups is 1. The van der Waals surface area contributed by atoms with Crippen LogP contribution in [0.25, 0.3) is 0 Å². The molecule has 0 aliphatic heterocycles. The average Bonchev–Trinajstić information content (AvgIpc) is 2.25. The largest absolute Gasteiger partial charge is 0.466 e. The monoisotopic (exact) mass is 244 g/mol. The summed E-state index contributed by atoms with van der Waals surface area (Å²) in [6.07, 6.45) is 5.75. The number of hydrogen-bond donors (Lipinski definition) is 1. The second-order valence-electron chi connectivity index (χ2n) is 4.88. The Hall–Kier alpha value is -0.570. The van der Waals surface area contributed by atoms with Gasteiger partial charge in [-0.25, -0.2) is 0 Å². The van der Waals surface area contributed by atoms with E-state index in [2.05, 4.69) is 6.92 Å². The summed E-state index contributed by atoms with van der Waals surface area (Å²) >= 11 is 0. The lowest BCUT2D eigenvalue weighted by Crippen LogP contribution is -2.40. The topological polar surface area (TPSA) is 46.5 Å². The van der Waals surface area contributed by atoms with Crippen LogP contribution in [0.3, 0.4) is 0 Å². The zero-order chi connectivity index (χ0) is 13.3. The fourth-order valence-electron chi connectivity index (χ4n) is 2.19. The van der Waals surface area contributed by atoms with Gasteiger partial charge in [0.1, 0.15) is 0 Å². The molecule has 0 heterocycles. The molecule has 17 heavy (non-hydrogen) atoms. The maximum Gasteiger partial charge on any atom is 0.311 e. The Bertz CT molecular complexity index is 212. The van der Waals surface area contributed by atoms with E-state index in [0.717, 1.165) is 12.8 Å². The van der Waals surface area contributed by atoms with Crippen molar-refractivity contribution in [1.82, 2.24) is 0 Å². The van der Waals surface area contributed by atoms with E-state index < -0.39 is 11.5 Å². The Labute approximate surface area is 106 Å². The fourth-order valence-corrected chi connectivity index (χ4v) is 2.19. The van der Waals surface area contributed by atoms with Gasteiger partial charge in [0.25, 0.3) is 0 Å². The third kappa shape index (κ3) is 6.06. The van der Waals surface area contributed by atoms with Gasteiger partial charge in [0.05, 0.1) is 18.1 Å². The van der Waals surface area contributed by atoms with Gasteiger partial charge in [-0.15, -0.1) is 0 Å². The Balaban J connectivity index is 4.26. The van der Waals surface area contributed by atoms with Crippen molar-refractivity contribution in [2.45, 2.75) is 71.8 Å². The van der Waals surface area contributed by atoms with Gasteiger partial charge in [-0.1, -0.05) is 39.5 Å². The molecule has 3 nitrogen and oxygen atoms in total. The molecule has 0 aromatic carbocycles. The summed E-state index contributed by atoms with van der Waals surface area (Å²) in [6.45, 7) is 8.00. The van der Waals surface area contributed by atoms with E-state index in [9.17, 15) is 9.90 Å². The predicted molar refractivity (Wildman–Crippen MR) is 69.8 cm³/mol. The van der Waals surface area contributed by atoms with Gasteiger partial charge in [-0.2, -0.15) is 0 Å². The van der Waals surface area contributed by atoms with E-state index in [1.165, 1.54) is 12.8 Å². The average molecular weight is 244 g/mol. The third-order valence-electron chi connectivity index (χ3n) is 3.27. The van der Waals surface area contributed by atoms with Crippen LogP contribution in [0.1, 0.15) is 66.2 Å². The maximum atomic E-state index is 11.7. The zero-order valence-electron chi connectivity index (χ0n) is 11.8. The Kier molecular flexibility index (Phi) is 8.23. The first-order chi connectivity index (χ1) is 7.99. The van der Waals surface area contributed by atoms with Crippen molar-refractivity contribution in [3.05, 3.63) is 0 Å². The number of hydrogen-bond acceptors (Lipinski definition) is 3. The van der Waals surface area contributed by atoms with Crippen molar-refractivity contribution >= 4 is 5.97 Å². The minimum absolute atomic E-state index is 0.268. The molecule has 0 bridgehead atoms. The first-order valence-electron chi connectivity index (χ1n) is 6.88. The highest BCUT2D eigenvalue weighted by atomic mass is 16.5. The summed E-state index contributed by atoms with van der Waals surface area (Å²) in [5.74, 6) is -0.667. The molecule has 3 heteroatoms. The highest BCUT2D eigenvalue weighted by Crippen LogP contribution is 2.27. The molecule has 0 rings (SSSR count). The van der Waals surface area contributed by atoms with E-state index in [1.807, 2.05) is 6.92 Å². The smallest absolute Gasteiger partial charge is 0.311 e. The van der Waals surface area contributed by atoms with E-state index in [1.54, 1.807) is 13.8 Å². The quantitative estimate of drug-likeness (QED) is 0.500. The van der Waals surface area contributed by atoms with Crippen molar-refractivity contribution in [2.24, 2.45) is 5.92 Å². The number of rotatable bonds is 9. The van der Waals surface area contributed by atoms with Crippen LogP contribution in [0.15, 0.2) is 0 Å². The number of carbonyl (C=O) groups excluding carboxylic acids is 1. The number of esters is 1. The van der Waals surface area contributed by atoms with Crippen LogP contribution in [0, 0.1) is 5.92 Å². The summed E-state index contributed by atoms with van der Waals surface area (Å²) in [4.78, 5) is 11.7. The van der Waals surface area contributed by atoms with Gasteiger partial charge in [0, 0.05) is 0 Å². The fraction of sp³-hybridized carbons (Fsp3) is 0.929. The molecule has 0 aromatic rings. The molecule has 0 saturated carbocycles. The lowest BCUT2D eigenvalue weighted by atomic mass is 9.83. The molecule has 0 fully saturated rings. The van der Waals surface area contributed by atoms with Crippen LogP contribution in [0.4, 0.5) is 0 Å². The van der Waals surface area contributed by atoms with Gasteiger partial charge in [0.2, 0.25) is 0 Å². The van der Waals surface area contributed by atoms with Crippen LogP contribution < -0.4 is 0 Å². The molecular weight excluding hydrogens is 216 g/mol. The molecule has 1 N–H and O–H groups in total. The number of aliphatic hydroxyl groups is 1. The van der Waals surface area contributed by atoms with Gasteiger partial charge >= 0.3 is 5.97 Å². The lowest BCUT2D eigenvalue weighted by molar-refractivity contribution is -0.158. The second kappa shape index (κ2) is 8.51. The standard InChI is InChI=1S/C14H28O3/c1-5-8-9-10-11-14(4,16)12(6-2)13(15)17-7-3/h12,16H,5-11H2,1-4H3. The molecule has 0 radical (unpaired) electrons. The van der Waals surface area contributed by atoms with Gasteiger partial charge < -0.3 is 9.84 Å². The first kappa shape index (κ1) is 16.4. The zero-order valence-corrected chi connectivity index (χ0v) is 11.8. The van der Waals surface area contributed by atoms with Gasteiger partial charge in [0.15, 0.2) is 0 Å². The molecule has 0 aromatic heterocycles. The molecule has 0 aliphatic carbocycles. The van der Waals surface area contributed by atoms with Crippen LogP contribution in [-0.4, -0.2) is 23.3 Å². The molecule has 0 amide bonds. The van der Waals surface area contributed by atoms with Crippen LogP contribution in [-0.2, 0) is 9.53 Å². The van der Waals surface area contributed by atoms with Gasteiger partial charge in [-0.3, -0.25) is 4.79 Å². The predicted octanol–water partition coefficient (Wildman–Crippen LogP) is 3.30. The summed E-state index contributed by atoms with van der Waals surface area (Å²) in [7, 11) is 0. The lowest BCUT2D eigenvalue weighted by Gasteiger charge is -2.30. The number of unbranched alkanes of at least 4 members (excludes halogenated alkanes) is 3. The normalized spacial score (nSPS) is 16.3. The van der Waals surface area contributed by atoms with E-state index in [0.29, 0.717) is 19.4 Å². The summed E-state index contributed by atoms with van der Waals surface area (Å²) < 4.78 is 5.01. The third-order valence-corrected chi connectivity index (χ3v) is 3.27. The molecule has 102 valence electrons. The van der Waals surface area contributed by atoms with E-state index in [-0.39, 0.29) is 5.97 Å². The Morgan fingerprint density at radius 1 is 1.24 bits per heavy atom. The molecule has 2 atom stereocenters. The van der Waals surface area contributed by atoms with Crippen molar-refractivity contribution in [2.75, 3.05) is 6.61 Å². The van der Waals surface area contributed by atoms with Crippen molar-refractivity contribution in [3.8, 4) is 0 Å². The second-order valence-corrected chi connectivity index (χ2v) is 4.88. The van der Waals surface area contributed by atoms with Crippen molar-refractivity contribution in [3.63, 3.8) is 0 Å². The maximum absolute atomic E-state index is 11.7. The molecule has 0 spiro atoms. The Morgan fingerprint density at radius 3 is 2.35 bits per heavy atom. The Morgan fingerprint density at radius 2 is 1.88 bits per heavy atom. The molecule has 0 aliphatic rings. The van der Waals surface area contributed by atoms with Gasteiger partial charge in [-0.05, 0) is 26.7 Å². The van der Waals surface area contributed by atoms with Crippen LogP contribution >= 0.6 is 0 Å². The van der Waals surface area contributed by atoms with Crippen LogP contribution in [0.2, 0.25) is 0 Å². The summed E-state index contributed by atoms with van der Waals surface area (Å²) in [5.41, 5.74) is -0.936. The van der Waals surface area contributed by atoms with Crippen molar-refractivity contribution in [1.29, 1.82) is 0 Å². The minimum atomic E-state index is -0.936. The highest BCUT2D eigenvalue weighted by Gasteiger charge is 2.36. The minimum Gasteiger partial charge on any atom is -0.466 e. The molecule has 2 unspecified atom stereocenters.